The molecule has 0 radical (unpaired) electrons. The lowest BCUT2D eigenvalue weighted by atomic mass is 9.81. The third kappa shape index (κ3) is 3.30. The van der Waals surface area contributed by atoms with E-state index >= 15 is 0 Å². The van der Waals surface area contributed by atoms with E-state index in [4.69, 9.17) is 4.52 Å². The fraction of sp³-hybridized carbons (Fsp3) is 0.786. The summed E-state index contributed by atoms with van der Waals surface area (Å²) in [7, 11) is 0.464. The van der Waals surface area contributed by atoms with Crippen molar-refractivity contribution >= 4 is 10.0 Å². The first-order valence-electron chi connectivity index (χ1n) is 7.38. The van der Waals surface area contributed by atoms with Crippen LogP contribution in [0.15, 0.2) is 9.42 Å². The number of nitrogens with one attached hydrogen (secondary N) is 1. The van der Waals surface area contributed by atoms with E-state index in [2.05, 4.69) is 14.8 Å². The van der Waals surface area contributed by atoms with Crippen molar-refractivity contribution in [2.24, 2.45) is 0 Å². The molecule has 7 heteroatoms. The van der Waals surface area contributed by atoms with Crippen LogP contribution in [-0.2, 0) is 10.0 Å². The third-order valence-electron chi connectivity index (χ3n) is 4.56. The molecule has 1 fully saturated rings. The molecule has 2 rings (SSSR count). The molecular weight excluding hydrogens is 290 g/mol. The number of hydrogen-bond donors (Lipinski definition) is 1. The maximum Gasteiger partial charge on any atom is 0.246 e. The number of aryl methyl sites for hydroxylation is 2. The highest BCUT2D eigenvalue weighted by Gasteiger charge is 2.36. The standard InChI is InChI=1S/C14H25N3O3S/c1-11-13(12(2)20-16-11)21(18,19)15-10-14(17(3)4)8-6-5-7-9-14/h15H,5-10H2,1-4H3. The Bertz CT molecular complexity index is 567. The highest BCUT2D eigenvalue weighted by Crippen LogP contribution is 2.32. The van der Waals surface area contributed by atoms with E-state index in [9.17, 15) is 8.42 Å². The molecule has 1 aromatic rings. The predicted molar refractivity (Wildman–Crippen MR) is 80.7 cm³/mol. The van der Waals surface area contributed by atoms with E-state index in [0.717, 1.165) is 25.7 Å². The van der Waals surface area contributed by atoms with Gasteiger partial charge in [-0.25, -0.2) is 13.1 Å². The van der Waals surface area contributed by atoms with Gasteiger partial charge in [-0.05, 0) is 40.8 Å². The topological polar surface area (TPSA) is 75.4 Å². The normalized spacial score (nSPS) is 19.1. The van der Waals surface area contributed by atoms with Crippen molar-refractivity contribution in [3.05, 3.63) is 11.5 Å². The van der Waals surface area contributed by atoms with Gasteiger partial charge < -0.3 is 9.42 Å². The zero-order chi connectivity index (χ0) is 15.7. The molecule has 1 aliphatic rings. The highest BCUT2D eigenvalue weighted by molar-refractivity contribution is 7.89. The van der Waals surface area contributed by atoms with Crippen molar-refractivity contribution < 1.29 is 12.9 Å². The third-order valence-corrected chi connectivity index (χ3v) is 6.21. The van der Waals surface area contributed by atoms with Gasteiger partial charge in [0.15, 0.2) is 5.76 Å². The van der Waals surface area contributed by atoms with E-state index in [1.54, 1.807) is 13.8 Å². The van der Waals surface area contributed by atoms with Crippen molar-refractivity contribution in [3.63, 3.8) is 0 Å². The number of likely N-dealkylation sites (N-methyl/N-ethyl adjacent to an activating group) is 1. The Balaban J connectivity index is 2.17. The van der Waals surface area contributed by atoms with Gasteiger partial charge in [-0.2, -0.15) is 0 Å². The SMILES string of the molecule is Cc1noc(C)c1S(=O)(=O)NCC1(N(C)C)CCCCC1. The molecule has 1 aromatic heterocycles. The highest BCUT2D eigenvalue weighted by atomic mass is 32.2. The summed E-state index contributed by atoms with van der Waals surface area (Å²) in [4.78, 5) is 2.33. The number of hydrogen-bond acceptors (Lipinski definition) is 5. The second kappa shape index (κ2) is 6.06. The van der Waals surface area contributed by atoms with Gasteiger partial charge >= 0.3 is 0 Å². The molecule has 0 spiro atoms. The Kier molecular flexibility index (Phi) is 4.75. The lowest BCUT2D eigenvalue weighted by Crippen LogP contribution is -2.53. The van der Waals surface area contributed by atoms with Gasteiger partial charge in [-0.1, -0.05) is 24.4 Å². The van der Waals surface area contributed by atoms with Gasteiger partial charge in [0.05, 0.1) is 0 Å². The van der Waals surface area contributed by atoms with Crippen LogP contribution in [0.3, 0.4) is 0 Å². The maximum absolute atomic E-state index is 12.5. The monoisotopic (exact) mass is 315 g/mol. The van der Waals surface area contributed by atoms with E-state index in [0.29, 0.717) is 18.0 Å². The largest absolute Gasteiger partial charge is 0.360 e. The van der Waals surface area contributed by atoms with Crippen molar-refractivity contribution in [3.8, 4) is 0 Å². The minimum absolute atomic E-state index is 0.0930. The van der Waals surface area contributed by atoms with Crippen LogP contribution < -0.4 is 4.72 Å². The molecule has 120 valence electrons. The summed E-state index contributed by atoms with van der Waals surface area (Å²) in [5.74, 6) is 0.336. The second-order valence-electron chi connectivity index (χ2n) is 6.16. The first-order chi connectivity index (χ1) is 9.78. The van der Waals surface area contributed by atoms with E-state index in [-0.39, 0.29) is 10.4 Å². The van der Waals surface area contributed by atoms with Gasteiger partial charge in [0.1, 0.15) is 10.6 Å². The van der Waals surface area contributed by atoms with E-state index in [1.807, 2.05) is 14.1 Å². The van der Waals surface area contributed by atoms with Gasteiger partial charge in [0, 0.05) is 12.1 Å². The summed E-state index contributed by atoms with van der Waals surface area (Å²) in [6.45, 7) is 3.69. The number of sulfonamides is 1. The van der Waals surface area contributed by atoms with Crippen LogP contribution in [0.25, 0.3) is 0 Å². The Labute approximate surface area is 126 Å². The summed E-state index contributed by atoms with van der Waals surface area (Å²) in [5, 5.41) is 3.73. The first-order valence-corrected chi connectivity index (χ1v) is 8.87. The fourth-order valence-corrected chi connectivity index (χ4v) is 4.60. The Morgan fingerprint density at radius 2 is 1.86 bits per heavy atom. The van der Waals surface area contributed by atoms with Crippen LogP contribution in [-0.4, -0.2) is 44.7 Å². The smallest absolute Gasteiger partial charge is 0.246 e. The zero-order valence-electron chi connectivity index (χ0n) is 13.3. The minimum atomic E-state index is -3.58. The molecule has 0 saturated heterocycles. The Morgan fingerprint density at radius 3 is 2.33 bits per heavy atom. The van der Waals surface area contributed by atoms with E-state index in [1.165, 1.54) is 6.42 Å². The molecule has 21 heavy (non-hydrogen) atoms. The number of nitrogens with zero attached hydrogens (tertiary/aromatic N) is 2. The van der Waals surface area contributed by atoms with Crippen LogP contribution in [0.5, 0.6) is 0 Å². The van der Waals surface area contributed by atoms with Crippen molar-refractivity contribution in [2.75, 3.05) is 20.6 Å². The Hall–Kier alpha value is -0.920. The van der Waals surface area contributed by atoms with Crippen LogP contribution in [0.1, 0.15) is 43.6 Å². The minimum Gasteiger partial charge on any atom is -0.360 e. The molecular formula is C14H25N3O3S. The van der Waals surface area contributed by atoms with Crippen LogP contribution in [0.2, 0.25) is 0 Å². The molecule has 1 N–H and O–H groups in total. The van der Waals surface area contributed by atoms with Crippen LogP contribution >= 0.6 is 0 Å². The molecule has 0 bridgehead atoms. The van der Waals surface area contributed by atoms with Gasteiger partial charge in [0.2, 0.25) is 10.0 Å². The lowest BCUT2D eigenvalue weighted by molar-refractivity contribution is 0.105. The summed E-state index contributed by atoms with van der Waals surface area (Å²) in [6, 6.07) is 0. The summed E-state index contributed by atoms with van der Waals surface area (Å²) < 4.78 is 32.8. The summed E-state index contributed by atoms with van der Waals surface area (Å²) in [5.41, 5.74) is 0.312. The molecule has 1 saturated carbocycles. The fourth-order valence-electron chi connectivity index (χ4n) is 3.15. The molecule has 6 nitrogen and oxygen atoms in total. The average Bonchev–Trinajstić information content (AvgIpc) is 2.77. The molecule has 0 amide bonds. The summed E-state index contributed by atoms with van der Waals surface area (Å²) in [6.07, 6.45) is 5.55. The molecule has 0 aromatic carbocycles. The van der Waals surface area contributed by atoms with Gasteiger partial charge in [0.25, 0.3) is 0 Å². The number of rotatable bonds is 5. The summed E-state index contributed by atoms with van der Waals surface area (Å²) >= 11 is 0. The van der Waals surface area contributed by atoms with Crippen molar-refractivity contribution in [1.29, 1.82) is 0 Å². The quantitative estimate of drug-likeness (QED) is 0.897. The zero-order valence-corrected chi connectivity index (χ0v) is 14.1. The van der Waals surface area contributed by atoms with Crippen LogP contribution in [0.4, 0.5) is 0 Å². The van der Waals surface area contributed by atoms with Gasteiger partial charge in [-0.3, -0.25) is 0 Å². The second-order valence-corrected chi connectivity index (χ2v) is 7.86. The van der Waals surface area contributed by atoms with Gasteiger partial charge in [-0.15, -0.1) is 0 Å². The molecule has 0 unspecified atom stereocenters. The van der Waals surface area contributed by atoms with E-state index < -0.39 is 10.0 Å². The van der Waals surface area contributed by atoms with Crippen molar-refractivity contribution in [1.82, 2.24) is 14.8 Å². The molecule has 0 atom stereocenters. The Morgan fingerprint density at radius 1 is 1.24 bits per heavy atom. The van der Waals surface area contributed by atoms with Crippen LogP contribution in [0, 0.1) is 13.8 Å². The lowest BCUT2D eigenvalue weighted by Gasteiger charge is -2.43. The average molecular weight is 315 g/mol. The maximum atomic E-state index is 12.5. The van der Waals surface area contributed by atoms with Crippen molar-refractivity contribution in [2.45, 2.75) is 56.4 Å². The first kappa shape index (κ1) is 16.5. The number of aromatic nitrogens is 1. The predicted octanol–water partition coefficient (Wildman–Crippen LogP) is 1.83. The molecule has 1 heterocycles. The molecule has 1 aliphatic carbocycles. The molecule has 0 aliphatic heterocycles.